The van der Waals surface area contributed by atoms with Gasteiger partial charge in [-0.2, -0.15) is 5.10 Å². The summed E-state index contributed by atoms with van der Waals surface area (Å²) in [6, 6.07) is 15.0. The molecule has 0 radical (unpaired) electrons. The number of hydrogen-bond acceptors (Lipinski definition) is 4. The predicted molar refractivity (Wildman–Crippen MR) is 98.8 cm³/mol. The van der Waals surface area contributed by atoms with E-state index in [1.165, 1.54) is 12.0 Å². The van der Waals surface area contributed by atoms with Gasteiger partial charge in [-0.3, -0.25) is 4.98 Å². The van der Waals surface area contributed by atoms with E-state index < -0.39 is 0 Å². The number of aryl methyl sites for hydroxylation is 1. The van der Waals surface area contributed by atoms with Crippen molar-refractivity contribution in [3.05, 3.63) is 66.1 Å². The summed E-state index contributed by atoms with van der Waals surface area (Å²) in [5, 5.41) is 5.76. The molecule has 5 heteroatoms. The van der Waals surface area contributed by atoms with Crippen molar-refractivity contribution in [1.29, 1.82) is 0 Å². The Morgan fingerprint density at radius 3 is 2.92 bits per heavy atom. The van der Waals surface area contributed by atoms with Crippen LogP contribution in [0.3, 0.4) is 0 Å². The quantitative estimate of drug-likeness (QED) is 0.559. The van der Waals surface area contributed by atoms with E-state index in [0.29, 0.717) is 6.04 Å². The summed E-state index contributed by atoms with van der Waals surface area (Å²) < 4.78 is 1.95. The molecule has 1 aromatic carbocycles. The minimum Gasteiger partial charge on any atom is -0.349 e. The highest BCUT2D eigenvalue weighted by Gasteiger charge is 2.29. The molecule has 0 aliphatic carbocycles. The summed E-state index contributed by atoms with van der Waals surface area (Å²) in [7, 11) is 0. The zero-order chi connectivity index (χ0) is 16.8. The first kappa shape index (κ1) is 14.4. The van der Waals surface area contributed by atoms with Crippen molar-refractivity contribution in [2.45, 2.75) is 25.8 Å². The highest BCUT2D eigenvalue weighted by Crippen LogP contribution is 2.38. The maximum Gasteiger partial charge on any atom is 0.158 e. The van der Waals surface area contributed by atoms with Crippen molar-refractivity contribution in [1.82, 2.24) is 19.6 Å². The molecular weight excluding hydrogens is 310 g/mol. The monoisotopic (exact) mass is 329 g/mol. The SMILES string of the molecule is Cc1cc2nc(N3CCC[C@@H]3c3cccnc3)c3ccccc3n2n1. The Bertz CT molecular complexity index is 1050. The summed E-state index contributed by atoms with van der Waals surface area (Å²) >= 11 is 0. The van der Waals surface area contributed by atoms with Crippen LogP contribution in [0, 0.1) is 6.92 Å². The van der Waals surface area contributed by atoms with Crippen LogP contribution in [0.2, 0.25) is 0 Å². The third-order valence-electron chi connectivity index (χ3n) is 5.00. The number of rotatable bonds is 2. The lowest BCUT2D eigenvalue weighted by Gasteiger charge is -2.27. The number of fused-ring (bicyclic) bond motifs is 3. The average molecular weight is 329 g/mol. The molecule has 5 nitrogen and oxygen atoms in total. The average Bonchev–Trinajstić information content (AvgIpc) is 3.27. The first-order valence-electron chi connectivity index (χ1n) is 8.73. The lowest BCUT2D eigenvalue weighted by atomic mass is 10.1. The molecule has 0 unspecified atom stereocenters. The van der Waals surface area contributed by atoms with Crippen molar-refractivity contribution < 1.29 is 0 Å². The molecule has 25 heavy (non-hydrogen) atoms. The van der Waals surface area contributed by atoms with Crippen molar-refractivity contribution in [2.75, 3.05) is 11.4 Å². The van der Waals surface area contributed by atoms with Crippen LogP contribution in [0.1, 0.15) is 30.1 Å². The first-order chi connectivity index (χ1) is 12.3. The number of aromatic nitrogens is 4. The molecular formula is C20H19N5. The summed E-state index contributed by atoms with van der Waals surface area (Å²) in [6.45, 7) is 3.03. The minimum atomic E-state index is 0.330. The standard InChI is InChI=1S/C20H19N5/c1-14-12-19-22-20(16-7-2-3-8-18(16)25(19)23-14)24-11-5-9-17(24)15-6-4-10-21-13-15/h2-4,6-8,10,12-13,17H,5,9,11H2,1H3/t17-/m1/s1. The molecule has 0 bridgehead atoms. The second-order valence-electron chi connectivity index (χ2n) is 6.65. The van der Waals surface area contributed by atoms with Crippen molar-refractivity contribution in [2.24, 2.45) is 0 Å². The molecule has 124 valence electrons. The van der Waals surface area contributed by atoms with Gasteiger partial charge in [0.05, 0.1) is 17.3 Å². The second-order valence-corrected chi connectivity index (χ2v) is 6.65. The van der Waals surface area contributed by atoms with Gasteiger partial charge in [-0.25, -0.2) is 9.50 Å². The summed E-state index contributed by atoms with van der Waals surface area (Å²) in [5.74, 6) is 1.05. The predicted octanol–water partition coefficient (Wildman–Crippen LogP) is 3.93. The number of anilines is 1. The number of nitrogens with zero attached hydrogens (tertiary/aromatic N) is 5. The molecule has 1 fully saturated rings. The van der Waals surface area contributed by atoms with E-state index in [2.05, 4.69) is 45.3 Å². The van der Waals surface area contributed by atoms with Gasteiger partial charge < -0.3 is 4.90 Å². The maximum absolute atomic E-state index is 4.99. The van der Waals surface area contributed by atoms with Crippen LogP contribution in [-0.2, 0) is 0 Å². The van der Waals surface area contributed by atoms with Crippen LogP contribution >= 0.6 is 0 Å². The highest BCUT2D eigenvalue weighted by molar-refractivity contribution is 5.92. The lowest BCUT2D eigenvalue weighted by Crippen LogP contribution is -2.24. The van der Waals surface area contributed by atoms with E-state index in [4.69, 9.17) is 4.98 Å². The van der Waals surface area contributed by atoms with Crippen molar-refractivity contribution in [3.63, 3.8) is 0 Å². The van der Waals surface area contributed by atoms with Gasteiger partial charge in [0.2, 0.25) is 0 Å². The molecule has 3 aromatic heterocycles. The molecule has 0 amide bonds. The fourth-order valence-electron chi connectivity index (χ4n) is 3.92. The molecule has 1 aliphatic rings. The Balaban J connectivity index is 1.73. The van der Waals surface area contributed by atoms with Gasteiger partial charge in [0.1, 0.15) is 5.82 Å². The Hall–Kier alpha value is -2.95. The fourth-order valence-corrected chi connectivity index (χ4v) is 3.92. The zero-order valence-electron chi connectivity index (χ0n) is 14.1. The number of hydrogen-bond donors (Lipinski definition) is 0. The number of para-hydroxylation sites is 1. The van der Waals surface area contributed by atoms with Gasteiger partial charge in [0, 0.05) is 30.4 Å². The van der Waals surface area contributed by atoms with Crippen LogP contribution in [0.4, 0.5) is 5.82 Å². The Morgan fingerprint density at radius 2 is 2.04 bits per heavy atom. The topological polar surface area (TPSA) is 46.3 Å². The maximum atomic E-state index is 4.99. The Morgan fingerprint density at radius 1 is 1.12 bits per heavy atom. The van der Waals surface area contributed by atoms with E-state index in [1.807, 2.05) is 36.0 Å². The van der Waals surface area contributed by atoms with Crippen LogP contribution in [-0.4, -0.2) is 26.1 Å². The van der Waals surface area contributed by atoms with E-state index in [9.17, 15) is 0 Å². The van der Waals surface area contributed by atoms with Crippen molar-refractivity contribution in [3.8, 4) is 0 Å². The fraction of sp³-hybridized carbons (Fsp3) is 0.250. The summed E-state index contributed by atoms with van der Waals surface area (Å²) in [6.07, 6.45) is 6.11. The molecule has 0 saturated carbocycles. The first-order valence-corrected chi connectivity index (χ1v) is 8.73. The van der Waals surface area contributed by atoms with Crippen LogP contribution < -0.4 is 4.90 Å². The van der Waals surface area contributed by atoms with Gasteiger partial charge >= 0.3 is 0 Å². The number of benzene rings is 1. The molecule has 1 saturated heterocycles. The minimum absolute atomic E-state index is 0.330. The molecule has 0 spiro atoms. The second kappa shape index (κ2) is 5.55. The molecule has 1 aliphatic heterocycles. The smallest absolute Gasteiger partial charge is 0.158 e. The van der Waals surface area contributed by atoms with Crippen LogP contribution in [0.25, 0.3) is 16.6 Å². The van der Waals surface area contributed by atoms with E-state index >= 15 is 0 Å². The van der Waals surface area contributed by atoms with Gasteiger partial charge in [0.25, 0.3) is 0 Å². The molecule has 0 N–H and O–H groups in total. The zero-order valence-corrected chi connectivity index (χ0v) is 14.1. The van der Waals surface area contributed by atoms with Gasteiger partial charge in [-0.1, -0.05) is 18.2 Å². The number of pyridine rings is 1. The van der Waals surface area contributed by atoms with Crippen LogP contribution in [0.15, 0.2) is 54.9 Å². The van der Waals surface area contributed by atoms with Crippen LogP contribution in [0.5, 0.6) is 0 Å². The highest BCUT2D eigenvalue weighted by atomic mass is 15.3. The van der Waals surface area contributed by atoms with E-state index in [-0.39, 0.29) is 0 Å². The van der Waals surface area contributed by atoms with Crippen molar-refractivity contribution >= 4 is 22.4 Å². The molecule has 1 atom stereocenters. The Kier molecular flexibility index (Phi) is 3.20. The Labute approximate surface area is 145 Å². The third-order valence-corrected chi connectivity index (χ3v) is 5.00. The lowest BCUT2D eigenvalue weighted by molar-refractivity contribution is 0.710. The molecule has 4 heterocycles. The summed E-state index contributed by atoms with van der Waals surface area (Å²) in [5.41, 5.74) is 4.26. The van der Waals surface area contributed by atoms with E-state index in [1.54, 1.807) is 0 Å². The van der Waals surface area contributed by atoms with Gasteiger partial charge in [-0.05, 0) is 43.5 Å². The van der Waals surface area contributed by atoms with Gasteiger partial charge in [0.15, 0.2) is 5.65 Å². The largest absolute Gasteiger partial charge is 0.349 e. The van der Waals surface area contributed by atoms with E-state index in [0.717, 1.165) is 41.0 Å². The summed E-state index contributed by atoms with van der Waals surface area (Å²) in [4.78, 5) is 11.7. The molecule has 4 aromatic rings. The normalized spacial score (nSPS) is 17.6. The van der Waals surface area contributed by atoms with Gasteiger partial charge in [-0.15, -0.1) is 0 Å². The molecule has 5 rings (SSSR count). The third kappa shape index (κ3) is 2.27.